The fraction of sp³-hybridized carbons (Fsp3) is 0.438. The van der Waals surface area contributed by atoms with Crippen molar-refractivity contribution in [3.8, 4) is 0 Å². The molecule has 118 valence electrons. The first-order valence-corrected chi connectivity index (χ1v) is 8.06. The number of nitrogens with one attached hydrogen (secondary N) is 1. The molecule has 0 bridgehead atoms. The molecule has 2 heterocycles. The van der Waals surface area contributed by atoms with Gasteiger partial charge in [-0.2, -0.15) is 5.10 Å². The fourth-order valence-corrected chi connectivity index (χ4v) is 2.87. The summed E-state index contributed by atoms with van der Waals surface area (Å²) in [5, 5.41) is 7.91. The first-order valence-electron chi connectivity index (χ1n) is 7.24. The van der Waals surface area contributed by atoms with Crippen LogP contribution in [0.25, 0.3) is 0 Å². The molecule has 6 heteroatoms. The Kier molecular flexibility index (Phi) is 5.24. The largest absolute Gasteiger partial charge is 0.352 e. The molecule has 0 radical (unpaired) electrons. The molecule has 0 aliphatic rings. The van der Waals surface area contributed by atoms with Crippen LogP contribution in [0.5, 0.6) is 0 Å². The van der Waals surface area contributed by atoms with Gasteiger partial charge in [-0.25, -0.2) is 4.98 Å². The van der Waals surface area contributed by atoms with Crippen LogP contribution < -0.4 is 5.32 Å². The fourth-order valence-electron chi connectivity index (χ4n) is 1.94. The number of hydrogen-bond acceptors (Lipinski definition) is 4. The van der Waals surface area contributed by atoms with Crippen molar-refractivity contribution >= 4 is 17.7 Å². The summed E-state index contributed by atoms with van der Waals surface area (Å²) in [6, 6.07) is 3.58. The van der Waals surface area contributed by atoms with Gasteiger partial charge >= 0.3 is 0 Å². The van der Waals surface area contributed by atoms with Gasteiger partial charge in [0.25, 0.3) is 5.91 Å². The molecule has 5 nitrogen and oxygen atoms in total. The molecule has 0 aromatic carbocycles. The van der Waals surface area contributed by atoms with Crippen molar-refractivity contribution in [1.82, 2.24) is 20.1 Å². The Hall–Kier alpha value is -1.82. The number of carbonyl (C=O) groups excluding carboxylic acids is 1. The lowest BCUT2D eigenvalue weighted by atomic mass is 10.2. The van der Waals surface area contributed by atoms with Crippen molar-refractivity contribution in [3.05, 3.63) is 41.9 Å². The first kappa shape index (κ1) is 16.5. The van der Waals surface area contributed by atoms with E-state index in [0.29, 0.717) is 12.1 Å². The minimum absolute atomic E-state index is 0.0675. The first-order chi connectivity index (χ1) is 10.3. The van der Waals surface area contributed by atoms with Crippen molar-refractivity contribution in [3.63, 3.8) is 0 Å². The lowest BCUT2D eigenvalue weighted by molar-refractivity contribution is 0.0953. The molecular weight excluding hydrogens is 296 g/mol. The Labute approximate surface area is 135 Å². The Morgan fingerprint density at radius 1 is 1.41 bits per heavy atom. The van der Waals surface area contributed by atoms with E-state index in [9.17, 15) is 4.79 Å². The molecule has 0 saturated heterocycles. The van der Waals surface area contributed by atoms with Gasteiger partial charge in [-0.05, 0) is 24.1 Å². The number of amides is 1. The highest BCUT2D eigenvalue weighted by Gasteiger charge is 2.14. The molecule has 22 heavy (non-hydrogen) atoms. The van der Waals surface area contributed by atoms with E-state index in [1.54, 1.807) is 28.7 Å². The van der Waals surface area contributed by atoms with Gasteiger partial charge in [0.2, 0.25) is 0 Å². The zero-order valence-electron chi connectivity index (χ0n) is 13.5. The summed E-state index contributed by atoms with van der Waals surface area (Å²) >= 11 is 1.65. The van der Waals surface area contributed by atoms with E-state index >= 15 is 0 Å². The molecule has 0 spiro atoms. The number of hydrogen-bond donors (Lipinski definition) is 1. The van der Waals surface area contributed by atoms with Crippen molar-refractivity contribution in [1.29, 1.82) is 0 Å². The Bertz CT molecular complexity index is 646. The number of nitrogens with zero attached hydrogens (tertiary/aromatic N) is 3. The third-order valence-corrected chi connectivity index (χ3v) is 3.91. The minimum Gasteiger partial charge on any atom is -0.352 e. The van der Waals surface area contributed by atoms with E-state index in [2.05, 4.69) is 36.2 Å². The standard InChI is InChI=1S/C16H22N4OS/c1-16(2,3)22-14-9-13(6-8-17-14)15(21)18-7-5-12-10-19-20(4)11-12/h6,8-11H,5,7H2,1-4H3,(H,18,21). The van der Waals surface area contributed by atoms with Crippen molar-refractivity contribution in [2.45, 2.75) is 37.0 Å². The topological polar surface area (TPSA) is 59.8 Å². The highest BCUT2D eigenvalue weighted by atomic mass is 32.2. The average molecular weight is 318 g/mol. The molecule has 1 amide bonds. The molecule has 2 aromatic rings. The highest BCUT2D eigenvalue weighted by molar-refractivity contribution is 8.00. The van der Waals surface area contributed by atoms with E-state index in [1.165, 1.54) is 0 Å². The summed E-state index contributed by atoms with van der Waals surface area (Å²) in [6.07, 6.45) is 6.23. The normalized spacial score (nSPS) is 11.5. The van der Waals surface area contributed by atoms with E-state index in [-0.39, 0.29) is 10.7 Å². The molecule has 0 aliphatic heterocycles. The lowest BCUT2D eigenvalue weighted by Gasteiger charge is -2.16. The molecule has 1 N–H and O–H groups in total. The third kappa shape index (κ3) is 5.18. The predicted octanol–water partition coefficient (Wildman–Crippen LogP) is 2.68. The van der Waals surface area contributed by atoms with Gasteiger partial charge in [0.05, 0.1) is 11.2 Å². The summed E-state index contributed by atoms with van der Waals surface area (Å²) in [7, 11) is 1.88. The van der Waals surface area contributed by atoms with Crippen LogP contribution in [-0.4, -0.2) is 32.0 Å². The number of thioether (sulfide) groups is 1. The lowest BCUT2D eigenvalue weighted by Crippen LogP contribution is -2.25. The second-order valence-corrected chi connectivity index (χ2v) is 7.97. The van der Waals surface area contributed by atoms with Crippen molar-refractivity contribution in [2.24, 2.45) is 7.05 Å². The Morgan fingerprint density at radius 3 is 2.82 bits per heavy atom. The maximum absolute atomic E-state index is 12.2. The Balaban J connectivity index is 1.90. The zero-order chi connectivity index (χ0) is 16.2. The van der Waals surface area contributed by atoms with E-state index in [4.69, 9.17) is 0 Å². The molecule has 0 saturated carbocycles. The van der Waals surface area contributed by atoms with Crippen LogP contribution in [0.1, 0.15) is 36.7 Å². The molecule has 0 fully saturated rings. The molecule has 0 atom stereocenters. The van der Waals surface area contributed by atoms with Crippen molar-refractivity contribution in [2.75, 3.05) is 6.54 Å². The zero-order valence-corrected chi connectivity index (χ0v) is 14.3. The second kappa shape index (κ2) is 6.96. The van der Waals surface area contributed by atoms with Crippen LogP contribution in [-0.2, 0) is 13.5 Å². The molecule has 2 rings (SSSR count). The summed E-state index contributed by atoms with van der Waals surface area (Å²) in [5.41, 5.74) is 1.76. The maximum Gasteiger partial charge on any atom is 0.251 e. The van der Waals surface area contributed by atoms with Gasteiger partial charge in [0.15, 0.2) is 0 Å². The monoisotopic (exact) mass is 318 g/mol. The number of carbonyl (C=O) groups is 1. The van der Waals surface area contributed by atoms with Gasteiger partial charge in [0, 0.05) is 36.3 Å². The Morgan fingerprint density at radius 2 is 2.18 bits per heavy atom. The maximum atomic E-state index is 12.2. The van der Waals surface area contributed by atoms with E-state index < -0.39 is 0 Å². The summed E-state index contributed by atoms with van der Waals surface area (Å²) in [6.45, 7) is 6.97. The van der Waals surface area contributed by atoms with Crippen molar-refractivity contribution < 1.29 is 4.79 Å². The van der Waals surface area contributed by atoms with Gasteiger partial charge < -0.3 is 5.32 Å². The molecule has 0 aliphatic carbocycles. The van der Waals surface area contributed by atoms with E-state index in [0.717, 1.165) is 17.0 Å². The van der Waals surface area contributed by atoms with Crippen LogP contribution in [0.4, 0.5) is 0 Å². The number of aryl methyl sites for hydroxylation is 1. The van der Waals surface area contributed by atoms with Crippen LogP contribution in [0.2, 0.25) is 0 Å². The number of aromatic nitrogens is 3. The second-order valence-electron chi connectivity index (χ2n) is 6.13. The molecular formula is C16H22N4OS. The third-order valence-electron chi connectivity index (χ3n) is 2.87. The van der Waals surface area contributed by atoms with E-state index in [1.807, 2.05) is 25.5 Å². The minimum atomic E-state index is -0.0675. The molecule has 0 unspecified atom stereocenters. The summed E-state index contributed by atoms with van der Waals surface area (Å²) in [5.74, 6) is -0.0675. The van der Waals surface area contributed by atoms with Gasteiger partial charge in [-0.15, -0.1) is 11.8 Å². The quantitative estimate of drug-likeness (QED) is 0.861. The smallest absolute Gasteiger partial charge is 0.251 e. The summed E-state index contributed by atoms with van der Waals surface area (Å²) < 4.78 is 1.83. The van der Waals surface area contributed by atoms with Crippen LogP contribution in [0.3, 0.4) is 0 Å². The average Bonchev–Trinajstić information content (AvgIpc) is 2.83. The SMILES string of the molecule is Cn1cc(CCNC(=O)c2ccnc(SC(C)(C)C)c2)cn1. The van der Waals surface area contributed by atoms with Gasteiger partial charge in [0.1, 0.15) is 0 Å². The number of pyridine rings is 1. The van der Waals surface area contributed by atoms with Gasteiger partial charge in [-0.1, -0.05) is 20.8 Å². The van der Waals surface area contributed by atoms with Crippen LogP contribution >= 0.6 is 11.8 Å². The predicted molar refractivity (Wildman–Crippen MR) is 89.1 cm³/mol. The van der Waals surface area contributed by atoms with Crippen LogP contribution in [0, 0.1) is 0 Å². The molecule has 2 aromatic heterocycles. The van der Waals surface area contributed by atoms with Gasteiger partial charge in [-0.3, -0.25) is 9.48 Å². The highest BCUT2D eigenvalue weighted by Crippen LogP contribution is 2.30. The summed E-state index contributed by atoms with van der Waals surface area (Å²) in [4.78, 5) is 16.5. The van der Waals surface area contributed by atoms with Crippen LogP contribution in [0.15, 0.2) is 35.7 Å². The number of rotatable bonds is 5.